The third kappa shape index (κ3) is 3.60. The van der Waals surface area contributed by atoms with Gasteiger partial charge < -0.3 is 10.6 Å². The summed E-state index contributed by atoms with van der Waals surface area (Å²) in [5, 5.41) is 6.22. The highest BCUT2D eigenvalue weighted by Gasteiger charge is 2.09. The lowest BCUT2D eigenvalue weighted by molar-refractivity contribution is 0.102. The number of aromatic nitrogens is 1. The van der Waals surface area contributed by atoms with E-state index in [1.165, 1.54) is 0 Å². The second kappa shape index (κ2) is 6.96. The molecule has 4 nitrogen and oxygen atoms in total. The Morgan fingerprint density at radius 1 is 0.875 bits per heavy atom. The van der Waals surface area contributed by atoms with Crippen molar-refractivity contribution in [2.45, 2.75) is 13.8 Å². The molecule has 0 saturated carbocycles. The molecule has 1 aromatic heterocycles. The first-order chi connectivity index (χ1) is 11.6. The number of amides is 1. The van der Waals surface area contributed by atoms with Gasteiger partial charge in [-0.2, -0.15) is 0 Å². The van der Waals surface area contributed by atoms with Crippen LogP contribution in [-0.4, -0.2) is 10.9 Å². The zero-order valence-corrected chi connectivity index (χ0v) is 13.7. The molecule has 4 heteroatoms. The van der Waals surface area contributed by atoms with Crippen molar-refractivity contribution < 1.29 is 4.79 Å². The number of hydrogen-bond donors (Lipinski definition) is 2. The van der Waals surface area contributed by atoms with Crippen LogP contribution in [-0.2, 0) is 0 Å². The Hall–Kier alpha value is -3.14. The highest BCUT2D eigenvalue weighted by molar-refractivity contribution is 6.04. The molecule has 2 N–H and O–H groups in total. The van der Waals surface area contributed by atoms with Crippen molar-refractivity contribution in [3.8, 4) is 0 Å². The number of rotatable bonds is 4. The van der Waals surface area contributed by atoms with E-state index >= 15 is 0 Å². The number of nitrogens with one attached hydrogen (secondary N) is 2. The van der Waals surface area contributed by atoms with Gasteiger partial charge in [-0.05, 0) is 43.2 Å². The third-order valence-electron chi connectivity index (χ3n) is 3.78. The van der Waals surface area contributed by atoms with E-state index in [1.807, 2.05) is 36.4 Å². The van der Waals surface area contributed by atoms with Gasteiger partial charge in [0.2, 0.25) is 0 Å². The van der Waals surface area contributed by atoms with E-state index < -0.39 is 0 Å². The van der Waals surface area contributed by atoms with Gasteiger partial charge in [0.1, 0.15) is 0 Å². The Balaban J connectivity index is 1.80. The Kier molecular flexibility index (Phi) is 4.57. The van der Waals surface area contributed by atoms with E-state index in [9.17, 15) is 4.79 Å². The van der Waals surface area contributed by atoms with Crippen LogP contribution in [0.25, 0.3) is 0 Å². The molecule has 0 unspecified atom stereocenters. The summed E-state index contributed by atoms with van der Waals surface area (Å²) < 4.78 is 0. The largest absolute Gasteiger partial charge is 0.354 e. The number of nitrogens with zero attached hydrogens (tertiary/aromatic N) is 1. The van der Waals surface area contributed by atoms with Crippen molar-refractivity contribution in [1.29, 1.82) is 0 Å². The molecule has 0 aliphatic carbocycles. The summed E-state index contributed by atoms with van der Waals surface area (Å²) in [6.07, 6.45) is 3.28. The maximum atomic E-state index is 12.4. The number of para-hydroxylation sites is 2. The Morgan fingerprint density at radius 2 is 1.58 bits per heavy atom. The van der Waals surface area contributed by atoms with Crippen LogP contribution < -0.4 is 10.6 Å². The number of benzene rings is 2. The predicted molar refractivity (Wildman–Crippen MR) is 97.8 cm³/mol. The summed E-state index contributed by atoms with van der Waals surface area (Å²) in [4.78, 5) is 16.6. The van der Waals surface area contributed by atoms with Crippen molar-refractivity contribution in [2.75, 3.05) is 10.6 Å². The van der Waals surface area contributed by atoms with Crippen molar-refractivity contribution >= 4 is 23.0 Å². The fourth-order valence-electron chi connectivity index (χ4n) is 2.51. The molecule has 24 heavy (non-hydrogen) atoms. The lowest BCUT2D eigenvalue weighted by atomic mass is 10.1. The van der Waals surface area contributed by atoms with Gasteiger partial charge in [0, 0.05) is 17.6 Å². The lowest BCUT2D eigenvalue weighted by Crippen LogP contribution is -2.12. The van der Waals surface area contributed by atoms with E-state index in [4.69, 9.17) is 0 Å². The molecule has 0 saturated heterocycles. The molecule has 2 aromatic carbocycles. The zero-order valence-electron chi connectivity index (χ0n) is 13.7. The Labute approximate surface area is 141 Å². The monoisotopic (exact) mass is 317 g/mol. The molecule has 3 aromatic rings. The van der Waals surface area contributed by atoms with Gasteiger partial charge in [-0.3, -0.25) is 9.78 Å². The molecule has 120 valence electrons. The summed E-state index contributed by atoms with van der Waals surface area (Å²) in [5.41, 5.74) is 5.39. The smallest absolute Gasteiger partial charge is 0.257 e. The van der Waals surface area contributed by atoms with Crippen molar-refractivity contribution in [1.82, 2.24) is 4.98 Å². The Morgan fingerprint density at radius 3 is 2.29 bits per heavy atom. The maximum absolute atomic E-state index is 12.4. The molecule has 0 bridgehead atoms. The second-order valence-electron chi connectivity index (χ2n) is 5.67. The van der Waals surface area contributed by atoms with Gasteiger partial charge in [0.25, 0.3) is 5.91 Å². The van der Waals surface area contributed by atoms with Crippen LogP contribution >= 0.6 is 0 Å². The SMILES string of the molecule is Cc1cccc(C)c1Nc1cncc(C(=O)Nc2ccccc2)c1. The fourth-order valence-corrected chi connectivity index (χ4v) is 2.51. The quantitative estimate of drug-likeness (QED) is 0.733. The fraction of sp³-hybridized carbons (Fsp3) is 0.100. The van der Waals surface area contributed by atoms with E-state index in [-0.39, 0.29) is 5.91 Å². The van der Waals surface area contributed by atoms with E-state index in [0.29, 0.717) is 5.56 Å². The molecular weight excluding hydrogens is 298 g/mol. The summed E-state index contributed by atoms with van der Waals surface area (Å²) in [6, 6.07) is 17.3. The van der Waals surface area contributed by atoms with Crippen LogP contribution in [0.5, 0.6) is 0 Å². The van der Waals surface area contributed by atoms with Crippen LogP contribution in [0.4, 0.5) is 17.1 Å². The topological polar surface area (TPSA) is 54.0 Å². The standard InChI is InChI=1S/C20H19N3O/c1-14-7-6-8-15(2)19(14)22-18-11-16(12-21-13-18)20(24)23-17-9-4-3-5-10-17/h3-13,22H,1-2H3,(H,23,24). The highest BCUT2D eigenvalue weighted by atomic mass is 16.1. The first-order valence-electron chi connectivity index (χ1n) is 7.78. The molecule has 0 atom stereocenters. The minimum atomic E-state index is -0.182. The average molecular weight is 317 g/mol. The highest BCUT2D eigenvalue weighted by Crippen LogP contribution is 2.24. The van der Waals surface area contributed by atoms with Crippen LogP contribution in [0.2, 0.25) is 0 Å². The molecule has 3 rings (SSSR count). The molecule has 0 radical (unpaired) electrons. The maximum Gasteiger partial charge on any atom is 0.257 e. The molecule has 0 aliphatic heterocycles. The third-order valence-corrected chi connectivity index (χ3v) is 3.78. The number of anilines is 3. The second-order valence-corrected chi connectivity index (χ2v) is 5.67. The Bertz CT molecular complexity index is 840. The zero-order chi connectivity index (χ0) is 16.9. The van der Waals surface area contributed by atoms with Crippen molar-refractivity contribution in [3.05, 3.63) is 83.7 Å². The number of carbonyl (C=O) groups excluding carboxylic acids is 1. The van der Waals surface area contributed by atoms with Gasteiger partial charge >= 0.3 is 0 Å². The van der Waals surface area contributed by atoms with Gasteiger partial charge in [-0.25, -0.2) is 0 Å². The summed E-state index contributed by atoms with van der Waals surface area (Å²) in [5.74, 6) is -0.182. The number of hydrogen-bond acceptors (Lipinski definition) is 3. The summed E-state index contributed by atoms with van der Waals surface area (Å²) >= 11 is 0. The predicted octanol–water partition coefficient (Wildman–Crippen LogP) is 4.69. The van der Waals surface area contributed by atoms with Crippen LogP contribution in [0.1, 0.15) is 21.5 Å². The summed E-state index contributed by atoms with van der Waals surface area (Å²) in [7, 11) is 0. The van der Waals surface area contributed by atoms with E-state index in [0.717, 1.165) is 28.2 Å². The molecular formula is C20H19N3O. The number of pyridine rings is 1. The molecule has 0 spiro atoms. The molecule has 1 heterocycles. The molecule has 0 fully saturated rings. The molecule has 0 aliphatic rings. The van der Waals surface area contributed by atoms with Gasteiger partial charge in [0.05, 0.1) is 17.4 Å². The average Bonchev–Trinajstić information content (AvgIpc) is 2.59. The van der Waals surface area contributed by atoms with Gasteiger partial charge in [-0.15, -0.1) is 0 Å². The minimum absolute atomic E-state index is 0.182. The summed E-state index contributed by atoms with van der Waals surface area (Å²) in [6.45, 7) is 4.10. The first-order valence-corrected chi connectivity index (χ1v) is 7.78. The lowest BCUT2D eigenvalue weighted by Gasteiger charge is -2.13. The van der Waals surface area contributed by atoms with Crippen molar-refractivity contribution in [2.24, 2.45) is 0 Å². The van der Waals surface area contributed by atoms with Crippen LogP contribution in [0, 0.1) is 13.8 Å². The minimum Gasteiger partial charge on any atom is -0.354 e. The van der Waals surface area contributed by atoms with E-state index in [2.05, 4.69) is 41.6 Å². The number of aryl methyl sites for hydroxylation is 2. The first kappa shape index (κ1) is 15.7. The van der Waals surface area contributed by atoms with E-state index in [1.54, 1.807) is 18.5 Å². The van der Waals surface area contributed by atoms with Gasteiger partial charge in [0.15, 0.2) is 0 Å². The normalized spacial score (nSPS) is 10.2. The van der Waals surface area contributed by atoms with Crippen molar-refractivity contribution in [3.63, 3.8) is 0 Å². The van der Waals surface area contributed by atoms with Crippen LogP contribution in [0.15, 0.2) is 67.0 Å². The van der Waals surface area contributed by atoms with Crippen LogP contribution in [0.3, 0.4) is 0 Å². The number of carbonyl (C=O) groups is 1. The van der Waals surface area contributed by atoms with Gasteiger partial charge in [-0.1, -0.05) is 36.4 Å². The molecule has 1 amide bonds.